The molecule has 0 saturated heterocycles. The number of fused-ring (bicyclic) bond motifs is 1. The SMILES string of the molecule is NCC1CCC(C(=O)N[C@@H](Cc2ccccc2)Cc2nc(-c3ccc4c(N)n[nH]c4c3)c[nH]2)CC1. The molecule has 2 aromatic heterocycles. The summed E-state index contributed by atoms with van der Waals surface area (Å²) in [5.74, 6) is 2.10. The number of amides is 1. The highest BCUT2D eigenvalue weighted by Gasteiger charge is 2.27. The summed E-state index contributed by atoms with van der Waals surface area (Å²) in [5.41, 5.74) is 15.6. The third kappa shape index (κ3) is 5.38. The quantitative estimate of drug-likeness (QED) is 0.267. The molecule has 1 amide bonds. The van der Waals surface area contributed by atoms with E-state index >= 15 is 0 Å². The van der Waals surface area contributed by atoms with Crippen LogP contribution in [0, 0.1) is 11.8 Å². The van der Waals surface area contributed by atoms with Crippen LogP contribution in [0.15, 0.2) is 54.7 Å². The van der Waals surface area contributed by atoms with Gasteiger partial charge in [0.1, 0.15) is 5.82 Å². The van der Waals surface area contributed by atoms with Gasteiger partial charge in [-0.15, -0.1) is 0 Å². The van der Waals surface area contributed by atoms with E-state index in [1.165, 1.54) is 5.56 Å². The molecule has 5 rings (SSSR count). The molecule has 2 aromatic carbocycles. The summed E-state index contributed by atoms with van der Waals surface area (Å²) in [6.07, 6.45) is 7.18. The zero-order valence-corrected chi connectivity index (χ0v) is 19.8. The van der Waals surface area contributed by atoms with Gasteiger partial charge in [0.2, 0.25) is 5.91 Å². The number of H-pyrrole nitrogens is 2. The predicted molar refractivity (Wildman–Crippen MR) is 138 cm³/mol. The second kappa shape index (κ2) is 10.3. The Morgan fingerprint density at radius 3 is 2.66 bits per heavy atom. The highest BCUT2D eigenvalue weighted by Crippen LogP contribution is 2.29. The van der Waals surface area contributed by atoms with Crippen LogP contribution in [0.3, 0.4) is 0 Å². The lowest BCUT2D eigenvalue weighted by Crippen LogP contribution is -2.42. The number of aromatic amines is 2. The summed E-state index contributed by atoms with van der Waals surface area (Å²) >= 11 is 0. The highest BCUT2D eigenvalue weighted by atomic mass is 16.1. The van der Waals surface area contributed by atoms with Gasteiger partial charge in [-0.05, 0) is 62.3 Å². The number of benzene rings is 2. The maximum atomic E-state index is 13.1. The summed E-state index contributed by atoms with van der Waals surface area (Å²) in [5, 5.41) is 11.3. The first-order valence-corrected chi connectivity index (χ1v) is 12.4. The number of aromatic nitrogens is 4. The first-order valence-electron chi connectivity index (χ1n) is 12.4. The van der Waals surface area contributed by atoms with Crippen molar-refractivity contribution in [1.29, 1.82) is 0 Å². The van der Waals surface area contributed by atoms with Gasteiger partial charge in [-0.25, -0.2) is 4.98 Å². The summed E-state index contributed by atoms with van der Waals surface area (Å²) in [6, 6.07) is 16.2. The molecule has 1 aliphatic rings. The van der Waals surface area contributed by atoms with Crippen LogP contribution in [0.1, 0.15) is 37.1 Å². The van der Waals surface area contributed by atoms with Crippen LogP contribution in [0.25, 0.3) is 22.2 Å². The minimum absolute atomic E-state index is 0.0500. The van der Waals surface area contributed by atoms with Crippen LogP contribution in [0.5, 0.6) is 0 Å². The molecule has 0 aliphatic heterocycles. The Morgan fingerprint density at radius 1 is 1.09 bits per heavy atom. The number of carbonyl (C=O) groups excluding carboxylic acids is 1. The molecule has 7 N–H and O–H groups in total. The molecule has 1 saturated carbocycles. The van der Waals surface area contributed by atoms with Crippen LogP contribution in [0.4, 0.5) is 5.82 Å². The zero-order chi connectivity index (χ0) is 24.2. The van der Waals surface area contributed by atoms with Crippen molar-refractivity contribution in [1.82, 2.24) is 25.5 Å². The number of imidazole rings is 1. The molecule has 8 nitrogen and oxygen atoms in total. The topological polar surface area (TPSA) is 138 Å². The third-order valence-electron chi connectivity index (χ3n) is 7.18. The van der Waals surface area contributed by atoms with E-state index in [1.807, 2.05) is 42.6 Å². The number of hydrogen-bond donors (Lipinski definition) is 5. The molecule has 1 atom stereocenters. The standard InChI is InChI=1S/C27H33N7O/c28-15-18-6-8-19(9-7-18)27(35)31-21(12-17-4-2-1-3-5-17)14-25-30-16-24(32-25)20-10-11-22-23(13-20)33-34-26(22)29/h1-5,10-11,13,16,18-19,21H,6-9,12,14-15,28H2,(H,30,32)(H,31,35)(H3,29,33,34)/t18?,19?,21-/m0/s1. The Kier molecular flexibility index (Phi) is 6.81. The van der Waals surface area contributed by atoms with Crippen LogP contribution < -0.4 is 16.8 Å². The number of nitrogens with two attached hydrogens (primary N) is 2. The number of nitrogen functional groups attached to an aromatic ring is 1. The lowest BCUT2D eigenvalue weighted by molar-refractivity contribution is -0.126. The summed E-state index contributed by atoms with van der Waals surface area (Å²) in [6.45, 7) is 0.715. The van der Waals surface area contributed by atoms with Crippen molar-refractivity contribution in [3.8, 4) is 11.3 Å². The maximum absolute atomic E-state index is 13.1. The van der Waals surface area contributed by atoms with Crippen molar-refractivity contribution in [2.45, 2.75) is 44.6 Å². The fraction of sp³-hybridized carbons (Fsp3) is 0.370. The first kappa shape index (κ1) is 23.1. The minimum Gasteiger partial charge on any atom is -0.382 e. The molecule has 0 spiro atoms. The Hall–Kier alpha value is -3.65. The number of anilines is 1. The smallest absolute Gasteiger partial charge is 0.223 e. The zero-order valence-electron chi connectivity index (χ0n) is 19.8. The molecular formula is C27H33N7O. The fourth-order valence-corrected chi connectivity index (χ4v) is 5.10. The molecule has 1 fully saturated rings. The Labute approximate surface area is 204 Å². The van der Waals surface area contributed by atoms with Gasteiger partial charge in [-0.1, -0.05) is 36.4 Å². The predicted octanol–water partition coefficient (Wildman–Crippen LogP) is 3.57. The van der Waals surface area contributed by atoms with Crippen LogP contribution >= 0.6 is 0 Å². The van der Waals surface area contributed by atoms with Crippen molar-refractivity contribution < 1.29 is 4.79 Å². The monoisotopic (exact) mass is 471 g/mol. The van der Waals surface area contributed by atoms with Gasteiger partial charge in [0.25, 0.3) is 0 Å². The molecule has 0 radical (unpaired) electrons. The van der Waals surface area contributed by atoms with Gasteiger partial charge < -0.3 is 21.8 Å². The molecule has 2 heterocycles. The van der Waals surface area contributed by atoms with E-state index in [2.05, 4.69) is 32.6 Å². The van der Waals surface area contributed by atoms with Crippen LogP contribution in [0.2, 0.25) is 0 Å². The molecule has 182 valence electrons. The molecule has 35 heavy (non-hydrogen) atoms. The van der Waals surface area contributed by atoms with E-state index in [0.717, 1.165) is 60.1 Å². The average molecular weight is 472 g/mol. The molecule has 0 unspecified atom stereocenters. The average Bonchev–Trinajstić information content (AvgIpc) is 3.51. The van der Waals surface area contributed by atoms with Crippen molar-refractivity contribution >= 4 is 22.6 Å². The van der Waals surface area contributed by atoms with Crippen molar-refractivity contribution in [3.63, 3.8) is 0 Å². The van der Waals surface area contributed by atoms with Crippen molar-refractivity contribution in [2.24, 2.45) is 17.6 Å². The molecular weight excluding hydrogens is 438 g/mol. The largest absolute Gasteiger partial charge is 0.382 e. The maximum Gasteiger partial charge on any atom is 0.223 e. The van der Waals surface area contributed by atoms with Gasteiger partial charge in [-0.3, -0.25) is 9.89 Å². The van der Waals surface area contributed by atoms with E-state index in [9.17, 15) is 4.79 Å². The molecule has 8 heteroatoms. The number of hydrogen-bond acceptors (Lipinski definition) is 5. The number of carbonyl (C=O) groups is 1. The van der Waals surface area contributed by atoms with E-state index in [0.29, 0.717) is 24.7 Å². The Balaban J connectivity index is 1.30. The van der Waals surface area contributed by atoms with Crippen molar-refractivity contribution in [2.75, 3.05) is 12.3 Å². The van der Waals surface area contributed by atoms with Gasteiger partial charge in [0.05, 0.1) is 11.2 Å². The second-order valence-electron chi connectivity index (χ2n) is 9.65. The molecule has 1 aliphatic carbocycles. The highest BCUT2D eigenvalue weighted by molar-refractivity contribution is 5.91. The Morgan fingerprint density at radius 2 is 1.89 bits per heavy atom. The van der Waals surface area contributed by atoms with Gasteiger partial charge in [-0.2, -0.15) is 5.10 Å². The van der Waals surface area contributed by atoms with Gasteiger partial charge >= 0.3 is 0 Å². The van der Waals surface area contributed by atoms with Gasteiger partial charge in [0.15, 0.2) is 5.82 Å². The van der Waals surface area contributed by atoms with Crippen LogP contribution in [-0.2, 0) is 17.6 Å². The first-order chi connectivity index (χ1) is 17.1. The number of nitrogens with one attached hydrogen (secondary N) is 3. The molecule has 0 bridgehead atoms. The third-order valence-corrected chi connectivity index (χ3v) is 7.18. The summed E-state index contributed by atoms with van der Waals surface area (Å²) < 4.78 is 0. The normalized spacial score (nSPS) is 19.0. The van der Waals surface area contributed by atoms with Crippen molar-refractivity contribution in [3.05, 3.63) is 66.1 Å². The van der Waals surface area contributed by atoms with E-state index in [4.69, 9.17) is 16.5 Å². The molecule has 4 aromatic rings. The van der Waals surface area contributed by atoms with E-state index in [-0.39, 0.29) is 17.9 Å². The number of rotatable bonds is 8. The number of nitrogens with zero attached hydrogens (tertiary/aromatic N) is 2. The van der Waals surface area contributed by atoms with Gasteiger partial charge in [0, 0.05) is 35.5 Å². The minimum atomic E-state index is -0.0500. The fourth-order valence-electron chi connectivity index (χ4n) is 5.10. The lowest BCUT2D eigenvalue weighted by atomic mass is 9.81. The lowest BCUT2D eigenvalue weighted by Gasteiger charge is -2.28. The van der Waals surface area contributed by atoms with Crippen LogP contribution in [-0.4, -0.2) is 38.7 Å². The van der Waals surface area contributed by atoms with E-state index in [1.54, 1.807) is 0 Å². The Bertz CT molecular complexity index is 1270. The summed E-state index contributed by atoms with van der Waals surface area (Å²) in [4.78, 5) is 21.3. The van der Waals surface area contributed by atoms with E-state index < -0.39 is 0 Å². The second-order valence-corrected chi connectivity index (χ2v) is 9.65. The summed E-state index contributed by atoms with van der Waals surface area (Å²) in [7, 11) is 0.